The number of rotatable bonds is 6. The molecule has 1 aromatic carbocycles. The molecule has 0 saturated heterocycles. The minimum Gasteiger partial charge on any atom is -0.361 e. The van der Waals surface area contributed by atoms with Crippen molar-refractivity contribution in [3.63, 3.8) is 0 Å². The number of nitrogens with one attached hydrogen (secondary N) is 2. The van der Waals surface area contributed by atoms with Gasteiger partial charge >= 0.3 is 0 Å². The van der Waals surface area contributed by atoms with Gasteiger partial charge in [0, 0.05) is 36.5 Å². The van der Waals surface area contributed by atoms with Crippen molar-refractivity contribution in [1.29, 1.82) is 0 Å². The molecule has 2 aromatic heterocycles. The highest BCUT2D eigenvalue weighted by Gasteiger charge is 2.17. The van der Waals surface area contributed by atoms with Crippen molar-refractivity contribution in [1.82, 2.24) is 25.1 Å². The fourth-order valence-corrected chi connectivity index (χ4v) is 3.39. The minimum atomic E-state index is 0.0742. The molecule has 6 heteroatoms. The van der Waals surface area contributed by atoms with E-state index in [2.05, 4.69) is 37.2 Å². The zero-order valence-corrected chi connectivity index (χ0v) is 13.6. The number of aromatic amines is 1. The number of hydrogen-bond donors (Lipinski definition) is 2. The molecule has 0 radical (unpaired) electrons. The molecule has 0 aliphatic carbocycles. The number of aromatic nitrogens is 4. The number of hydrogen-bond acceptors (Lipinski definition) is 3. The van der Waals surface area contributed by atoms with Gasteiger partial charge in [-0.2, -0.15) is 0 Å². The normalized spacial score (nSPS) is 13.3. The summed E-state index contributed by atoms with van der Waals surface area (Å²) < 4.78 is 2.12. The Morgan fingerprint density at radius 1 is 1.29 bits per heavy atom. The van der Waals surface area contributed by atoms with E-state index >= 15 is 0 Å². The Kier molecular flexibility index (Phi) is 4.02. The Morgan fingerprint density at radius 2 is 2.21 bits per heavy atom. The lowest BCUT2D eigenvalue weighted by Crippen LogP contribution is -2.24. The van der Waals surface area contributed by atoms with E-state index in [1.807, 2.05) is 18.3 Å². The van der Waals surface area contributed by atoms with Gasteiger partial charge < -0.3 is 14.9 Å². The van der Waals surface area contributed by atoms with Gasteiger partial charge in [0.05, 0.1) is 6.54 Å². The second-order valence-electron chi connectivity index (χ2n) is 6.28. The van der Waals surface area contributed by atoms with Gasteiger partial charge in [-0.25, -0.2) is 0 Å². The van der Waals surface area contributed by atoms with Gasteiger partial charge in [0.15, 0.2) is 5.82 Å². The quantitative estimate of drug-likeness (QED) is 0.731. The largest absolute Gasteiger partial charge is 0.361 e. The van der Waals surface area contributed by atoms with E-state index in [9.17, 15) is 4.79 Å². The maximum atomic E-state index is 12.1. The molecule has 3 heterocycles. The number of aryl methyl sites for hydroxylation is 2. The van der Waals surface area contributed by atoms with Crippen molar-refractivity contribution in [2.24, 2.45) is 0 Å². The van der Waals surface area contributed by atoms with Crippen LogP contribution in [0.3, 0.4) is 0 Å². The molecular formula is C18H21N5O. The first kappa shape index (κ1) is 14.9. The third-order valence-electron chi connectivity index (χ3n) is 4.65. The molecule has 0 saturated carbocycles. The summed E-state index contributed by atoms with van der Waals surface area (Å²) in [5.74, 6) is 1.98. The Bertz CT molecular complexity index is 863. The van der Waals surface area contributed by atoms with Gasteiger partial charge in [0.1, 0.15) is 5.82 Å². The molecule has 4 rings (SSSR count). The predicted molar refractivity (Wildman–Crippen MR) is 91.4 cm³/mol. The molecule has 1 aliphatic heterocycles. The number of carbonyl (C=O) groups is 1. The summed E-state index contributed by atoms with van der Waals surface area (Å²) >= 11 is 0. The SMILES string of the molecule is O=C(CCCc1c[nH]c2ccccc12)NCc1nnc2n1CCC2. The second kappa shape index (κ2) is 6.47. The lowest BCUT2D eigenvalue weighted by molar-refractivity contribution is -0.121. The molecule has 6 nitrogen and oxygen atoms in total. The molecule has 0 spiro atoms. The van der Waals surface area contributed by atoms with Crippen LogP contribution in [0, 0.1) is 0 Å². The van der Waals surface area contributed by atoms with Crippen molar-refractivity contribution in [2.75, 3.05) is 0 Å². The molecule has 0 atom stereocenters. The third-order valence-corrected chi connectivity index (χ3v) is 4.65. The molecule has 2 N–H and O–H groups in total. The second-order valence-corrected chi connectivity index (χ2v) is 6.28. The van der Waals surface area contributed by atoms with Gasteiger partial charge in [0.25, 0.3) is 0 Å². The molecule has 1 amide bonds. The zero-order valence-electron chi connectivity index (χ0n) is 13.6. The van der Waals surface area contributed by atoms with Crippen LogP contribution in [-0.2, 0) is 30.7 Å². The number of H-pyrrole nitrogens is 1. The maximum Gasteiger partial charge on any atom is 0.220 e. The maximum absolute atomic E-state index is 12.1. The van der Waals surface area contributed by atoms with E-state index in [0.29, 0.717) is 13.0 Å². The Balaban J connectivity index is 1.26. The van der Waals surface area contributed by atoms with E-state index in [0.717, 1.165) is 49.4 Å². The fourth-order valence-electron chi connectivity index (χ4n) is 3.39. The van der Waals surface area contributed by atoms with Crippen LogP contribution >= 0.6 is 0 Å². The standard InChI is InChI=1S/C18H21N5O/c24-18(20-12-17-22-21-16-8-4-10-23(16)17)9-3-5-13-11-19-15-7-2-1-6-14(13)15/h1-2,6-7,11,19H,3-5,8-10,12H2,(H,20,24). The fraction of sp³-hybridized carbons (Fsp3) is 0.389. The van der Waals surface area contributed by atoms with Gasteiger partial charge in [-0.3, -0.25) is 4.79 Å². The number of nitrogens with zero attached hydrogens (tertiary/aromatic N) is 3. The highest BCUT2D eigenvalue weighted by molar-refractivity contribution is 5.83. The van der Waals surface area contributed by atoms with Gasteiger partial charge in [-0.15, -0.1) is 10.2 Å². The number of benzene rings is 1. The predicted octanol–water partition coefficient (Wildman–Crippen LogP) is 2.34. The van der Waals surface area contributed by atoms with Crippen molar-refractivity contribution >= 4 is 16.8 Å². The monoisotopic (exact) mass is 323 g/mol. The minimum absolute atomic E-state index is 0.0742. The molecule has 124 valence electrons. The van der Waals surface area contributed by atoms with Crippen LogP contribution in [0.1, 0.15) is 36.5 Å². The van der Waals surface area contributed by atoms with Crippen LogP contribution in [-0.4, -0.2) is 25.7 Å². The summed E-state index contributed by atoms with van der Waals surface area (Å²) in [6, 6.07) is 8.26. The lowest BCUT2D eigenvalue weighted by atomic mass is 10.1. The average molecular weight is 323 g/mol. The van der Waals surface area contributed by atoms with Gasteiger partial charge in [-0.1, -0.05) is 18.2 Å². The van der Waals surface area contributed by atoms with E-state index in [-0.39, 0.29) is 5.91 Å². The molecule has 0 unspecified atom stereocenters. The summed E-state index contributed by atoms with van der Waals surface area (Å²) in [6.07, 6.45) is 6.42. The van der Waals surface area contributed by atoms with Gasteiger partial charge in [-0.05, 0) is 30.9 Å². The average Bonchev–Trinajstić information content (AvgIpc) is 3.29. The molecule has 3 aromatic rings. The molecule has 0 bridgehead atoms. The van der Waals surface area contributed by atoms with Crippen LogP contribution in [0.5, 0.6) is 0 Å². The third kappa shape index (κ3) is 2.91. The van der Waals surface area contributed by atoms with Crippen LogP contribution in [0.2, 0.25) is 0 Å². The molecule has 0 fully saturated rings. The van der Waals surface area contributed by atoms with E-state index in [1.54, 1.807) is 0 Å². The summed E-state index contributed by atoms with van der Waals surface area (Å²) in [5, 5.41) is 12.5. The van der Waals surface area contributed by atoms with Gasteiger partial charge in [0.2, 0.25) is 5.91 Å². The van der Waals surface area contributed by atoms with E-state index in [1.165, 1.54) is 10.9 Å². The van der Waals surface area contributed by atoms with E-state index < -0.39 is 0 Å². The lowest BCUT2D eigenvalue weighted by Gasteiger charge is -2.06. The number of amides is 1. The Hall–Kier alpha value is -2.63. The summed E-state index contributed by atoms with van der Waals surface area (Å²) in [4.78, 5) is 15.3. The number of fused-ring (bicyclic) bond motifs is 2. The van der Waals surface area contributed by atoms with Crippen molar-refractivity contribution in [3.8, 4) is 0 Å². The molecule has 24 heavy (non-hydrogen) atoms. The Labute approximate surface area is 140 Å². The topological polar surface area (TPSA) is 75.6 Å². The zero-order chi connectivity index (χ0) is 16.4. The first-order valence-corrected chi connectivity index (χ1v) is 8.54. The van der Waals surface area contributed by atoms with Crippen LogP contribution in [0.15, 0.2) is 30.5 Å². The summed E-state index contributed by atoms with van der Waals surface area (Å²) in [5.41, 5.74) is 2.42. The first-order valence-electron chi connectivity index (χ1n) is 8.54. The first-order chi connectivity index (χ1) is 11.8. The molecule has 1 aliphatic rings. The van der Waals surface area contributed by atoms with Crippen molar-refractivity contribution in [3.05, 3.63) is 47.7 Å². The summed E-state index contributed by atoms with van der Waals surface area (Å²) in [6.45, 7) is 1.44. The number of para-hydroxylation sites is 1. The van der Waals surface area contributed by atoms with Crippen LogP contribution in [0.25, 0.3) is 10.9 Å². The van der Waals surface area contributed by atoms with Crippen LogP contribution in [0.4, 0.5) is 0 Å². The molecular weight excluding hydrogens is 302 g/mol. The Morgan fingerprint density at radius 3 is 3.17 bits per heavy atom. The van der Waals surface area contributed by atoms with Crippen LogP contribution < -0.4 is 5.32 Å². The number of carbonyl (C=O) groups excluding carboxylic acids is 1. The summed E-state index contributed by atoms with van der Waals surface area (Å²) in [7, 11) is 0. The van der Waals surface area contributed by atoms with Crippen molar-refractivity contribution in [2.45, 2.75) is 45.2 Å². The highest BCUT2D eigenvalue weighted by Crippen LogP contribution is 2.19. The van der Waals surface area contributed by atoms with Crippen molar-refractivity contribution < 1.29 is 4.79 Å². The smallest absolute Gasteiger partial charge is 0.220 e. The van der Waals surface area contributed by atoms with E-state index in [4.69, 9.17) is 0 Å². The highest BCUT2D eigenvalue weighted by atomic mass is 16.1.